The third-order valence-corrected chi connectivity index (χ3v) is 5.70. The molecule has 0 saturated carbocycles. The fourth-order valence-electron chi connectivity index (χ4n) is 3.92. The van der Waals surface area contributed by atoms with E-state index >= 15 is 0 Å². The molecule has 1 saturated heterocycles. The summed E-state index contributed by atoms with van der Waals surface area (Å²) in [7, 11) is 0. The molecule has 2 aliphatic rings. The van der Waals surface area contributed by atoms with E-state index in [2.05, 4.69) is 39.8 Å². The monoisotopic (exact) mass is 423 g/mol. The molecule has 7 nitrogen and oxygen atoms in total. The van der Waals surface area contributed by atoms with Gasteiger partial charge in [0, 0.05) is 31.9 Å². The van der Waals surface area contributed by atoms with Gasteiger partial charge in [0.25, 0.3) is 0 Å². The van der Waals surface area contributed by atoms with Gasteiger partial charge >= 0.3 is 11.8 Å². The summed E-state index contributed by atoms with van der Waals surface area (Å²) in [5.74, 6) is 0.0708. The van der Waals surface area contributed by atoms with Crippen LogP contribution in [0.5, 0.6) is 11.5 Å². The number of nitrogens with one attached hydrogen (secondary N) is 2. The van der Waals surface area contributed by atoms with E-state index in [1.807, 2.05) is 6.07 Å². The molecular formula is C24H29N3O4. The summed E-state index contributed by atoms with van der Waals surface area (Å²) in [6.45, 7) is 3.11. The standard InChI is InChI=1S/C24H29N3O4/c28-23(24(29)26-16-19-7-10-21-22(15-19)31-17-30-21)25-12-11-18-5-8-20(9-6-18)27-13-3-1-2-4-14-27/h5-10,15H,1-4,11-14,16-17H2,(H,25,28)(H,26,29). The molecule has 2 heterocycles. The number of carbonyl (C=O) groups excluding carboxylic acids is 2. The van der Waals surface area contributed by atoms with Crippen molar-refractivity contribution >= 4 is 17.5 Å². The summed E-state index contributed by atoms with van der Waals surface area (Å²) in [4.78, 5) is 26.6. The van der Waals surface area contributed by atoms with Crippen LogP contribution in [-0.2, 0) is 22.6 Å². The summed E-state index contributed by atoms with van der Waals surface area (Å²) >= 11 is 0. The Bertz CT molecular complexity index is 906. The Morgan fingerprint density at radius 1 is 0.806 bits per heavy atom. The third kappa shape index (κ3) is 5.69. The fraction of sp³-hybridized carbons (Fsp3) is 0.417. The van der Waals surface area contributed by atoms with Crippen molar-refractivity contribution in [3.63, 3.8) is 0 Å². The largest absolute Gasteiger partial charge is 0.454 e. The number of benzene rings is 2. The van der Waals surface area contributed by atoms with E-state index < -0.39 is 11.8 Å². The summed E-state index contributed by atoms with van der Waals surface area (Å²) in [5.41, 5.74) is 3.24. The number of amides is 2. The van der Waals surface area contributed by atoms with Crippen LogP contribution in [0.4, 0.5) is 5.69 Å². The Morgan fingerprint density at radius 2 is 1.48 bits per heavy atom. The van der Waals surface area contributed by atoms with Gasteiger partial charge in [0.1, 0.15) is 0 Å². The lowest BCUT2D eigenvalue weighted by Crippen LogP contribution is -2.40. The van der Waals surface area contributed by atoms with Crippen molar-refractivity contribution in [3.05, 3.63) is 53.6 Å². The highest BCUT2D eigenvalue weighted by Crippen LogP contribution is 2.32. The van der Waals surface area contributed by atoms with Crippen LogP contribution >= 0.6 is 0 Å². The van der Waals surface area contributed by atoms with Gasteiger partial charge < -0.3 is 25.0 Å². The number of anilines is 1. The number of hydrogen-bond donors (Lipinski definition) is 2. The maximum atomic E-state index is 12.1. The second kappa shape index (κ2) is 10.2. The second-order valence-corrected chi connectivity index (χ2v) is 7.94. The van der Waals surface area contributed by atoms with Gasteiger partial charge in [0.2, 0.25) is 6.79 Å². The zero-order valence-electron chi connectivity index (χ0n) is 17.7. The molecular weight excluding hydrogens is 394 g/mol. The Labute approximate surface area is 182 Å². The minimum Gasteiger partial charge on any atom is -0.454 e. The minimum absolute atomic E-state index is 0.203. The topological polar surface area (TPSA) is 79.9 Å². The van der Waals surface area contributed by atoms with Crippen molar-refractivity contribution in [2.75, 3.05) is 31.3 Å². The van der Waals surface area contributed by atoms with Crippen LogP contribution in [0.1, 0.15) is 36.8 Å². The second-order valence-electron chi connectivity index (χ2n) is 7.94. The van der Waals surface area contributed by atoms with E-state index in [4.69, 9.17) is 9.47 Å². The van der Waals surface area contributed by atoms with E-state index in [-0.39, 0.29) is 13.3 Å². The molecule has 0 spiro atoms. The molecule has 2 aromatic rings. The molecule has 2 aromatic carbocycles. The van der Waals surface area contributed by atoms with Gasteiger partial charge in [-0.3, -0.25) is 9.59 Å². The Hall–Kier alpha value is -3.22. The fourth-order valence-corrected chi connectivity index (χ4v) is 3.92. The molecule has 0 aromatic heterocycles. The van der Waals surface area contributed by atoms with Crippen LogP contribution in [0.25, 0.3) is 0 Å². The van der Waals surface area contributed by atoms with Gasteiger partial charge in [0.15, 0.2) is 11.5 Å². The maximum absolute atomic E-state index is 12.1. The Balaban J connectivity index is 1.18. The number of rotatable bonds is 6. The number of hydrogen-bond acceptors (Lipinski definition) is 5. The molecule has 0 bridgehead atoms. The Kier molecular flexibility index (Phi) is 6.92. The highest BCUT2D eigenvalue weighted by Gasteiger charge is 2.16. The molecule has 0 atom stereocenters. The van der Waals surface area contributed by atoms with Crippen LogP contribution in [0, 0.1) is 0 Å². The van der Waals surface area contributed by atoms with Crippen molar-refractivity contribution < 1.29 is 19.1 Å². The van der Waals surface area contributed by atoms with E-state index in [0.717, 1.165) is 24.2 Å². The van der Waals surface area contributed by atoms with Gasteiger partial charge in [-0.2, -0.15) is 0 Å². The number of ether oxygens (including phenoxy) is 2. The summed E-state index contributed by atoms with van der Waals surface area (Å²) in [6.07, 6.45) is 5.83. The average Bonchev–Trinajstić information content (AvgIpc) is 3.09. The van der Waals surface area contributed by atoms with E-state index in [1.54, 1.807) is 12.1 Å². The third-order valence-electron chi connectivity index (χ3n) is 5.70. The van der Waals surface area contributed by atoms with Gasteiger partial charge in [-0.15, -0.1) is 0 Å². The zero-order chi connectivity index (χ0) is 21.5. The first kappa shape index (κ1) is 21.0. The Morgan fingerprint density at radius 3 is 2.26 bits per heavy atom. The first-order valence-electron chi connectivity index (χ1n) is 11.0. The van der Waals surface area contributed by atoms with Crippen molar-refractivity contribution in [1.29, 1.82) is 0 Å². The van der Waals surface area contributed by atoms with Crippen molar-refractivity contribution in [3.8, 4) is 11.5 Å². The lowest BCUT2D eigenvalue weighted by molar-refractivity contribution is -0.139. The number of nitrogens with zero attached hydrogens (tertiary/aromatic N) is 1. The molecule has 0 unspecified atom stereocenters. The zero-order valence-corrected chi connectivity index (χ0v) is 17.7. The van der Waals surface area contributed by atoms with Crippen LogP contribution in [0.15, 0.2) is 42.5 Å². The molecule has 1 fully saturated rings. The predicted octanol–water partition coefficient (Wildman–Crippen LogP) is 2.77. The highest BCUT2D eigenvalue weighted by atomic mass is 16.7. The first-order chi connectivity index (χ1) is 15.2. The van der Waals surface area contributed by atoms with Crippen molar-refractivity contribution in [2.24, 2.45) is 0 Å². The van der Waals surface area contributed by atoms with Crippen LogP contribution in [-0.4, -0.2) is 38.2 Å². The lowest BCUT2D eigenvalue weighted by Gasteiger charge is -2.22. The van der Waals surface area contributed by atoms with E-state index in [1.165, 1.54) is 31.4 Å². The number of carbonyl (C=O) groups is 2. The summed E-state index contributed by atoms with van der Waals surface area (Å²) in [6, 6.07) is 13.9. The van der Waals surface area contributed by atoms with Crippen LogP contribution in [0.2, 0.25) is 0 Å². The number of fused-ring (bicyclic) bond motifs is 1. The van der Waals surface area contributed by atoms with Gasteiger partial charge in [0.05, 0.1) is 0 Å². The van der Waals surface area contributed by atoms with E-state index in [0.29, 0.717) is 24.5 Å². The quantitative estimate of drug-likeness (QED) is 0.699. The molecule has 7 heteroatoms. The average molecular weight is 424 g/mol. The molecule has 2 amide bonds. The molecule has 0 radical (unpaired) electrons. The van der Waals surface area contributed by atoms with Gasteiger partial charge in [-0.25, -0.2) is 0 Å². The SMILES string of the molecule is O=C(NCCc1ccc(N2CCCCCC2)cc1)C(=O)NCc1ccc2c(c1)OCO2. The van der Waals surface area contributed by atoms with Gasteiger partial charge in [-0.05, 0) is 54.7 Å². The molecule has 0 aliphatic carbocycles. The molecule has 2 N–H and O–H groups in total. The highest BCUT2D eigenvalue weighted by molar-refractivity contribution is 6.35. The molecule has 164 valence electrons. The summed E-state index contributed by atoms with van der Waals surface area (Å²) < 4.78 is 10.6. The van der Waals surface area contributed by atoms with Crippen molar-refractivity contribution in [1.82, 2.24) is 10.6 Å². The molecule has 31 heavy (non-hydrogen) atoms. The maximum Gasteiger partial charge on any atom is 0.309 e. The molecule has 4 rings (SSSR count). The van der Waals surface area contributed by atoms with Crippen molar-refractivity contribution in [2.45, 2.75) is 38.6 Å². The smallest absolute Gasteiger partial charge is 0.309 e. The van der Waals surface area contributed by atoms with Crippen LogP contribution in [0.3, 0.4) is 0 Å². The minimum atomic E-state index is -0.644. The summed E-state index contributed by atoms with van der Waals surface area (Å²) in [5, 5.41) is 5.32. The van der Waals surface area contributed by atoms with E-state index in [9.17, 15) is 9.59 Å². The van der Waals surface area contributed by atoms with Gasteiger partial charge in [-0.1, -0.05) is 31.0 Å². The molecule has 2 aliphatic heterocycles. The van der Waals surface area contributed by atoms with Crippen LogP contribution < -0.4 is 25.0 Å². The normalized spacial score (nSPS) is 15.3. The predicted molar refractivity (Wildman–Crippen MR) is 118 cm³/mol. The lowest BCUT2D eigenvalue weighted by atomic mass is 10.1. The first-order valence-corrected chi connectivity index (χ1v) is 11.0.